The zero-order valence-electron chi connectivity index (χ0n) is 17.4. The van der Waals surface area contributed by atoms with E-state index in [9.17, 15) is 4.79 Å². The fourth-order valence-electron chi connectivity index (χ4n) is 4.04. The summed E-state index contributed by atoms with van der Waals surface area (Å²) in [5, 5.41) is 0. The van der Waals surface area contributed by atoms with Crippen LogP contribution in [0.4, 0.5) is 0 Å². The van der Waals surface area contributed by atoms with Crippen LogP contribution >= 0.6 is 15.9 Å². The van der Waals surface area contributed by atoms with Crippen LogP contribution in [0, 0.1) is 13.8 Å². The summed E-state index contributed by atoms with van der Waals surface area (Å²) < 4.78 is 13.2. The van der Waals surface area contributed by atoms with Gasteiger partial charge >= 0.3 is 0 Å². The first-order chi connectivity index (χ1) is 15.0. The normalized spacial score (nSPS) is 16.6. The molecule has 2 aliphatic rings. The average Bonchev–Trinajstić information content (AvgIpc) is 3.09. The monoisotopic (exact) mass is 475 g/mol. The summed E-state index contributed by atoms with van der Waals surface area (Å²) in [5.74, 6) is 1.71. The maximum atomic E-state index is 13.1. The van der Waals surface area contributed by atoms with Crippen molar-refractivity contribution in [2.75, 3.05) is 6.73 Å². The molecule has 0 atom stereocenters. The topological polar surface area (TPSA) is 38.8 Å². The second-order valence-electron chi connectivity index (χ2n) is 8.11. The summed E-state index contributed by atoms with van der Waals surface area (Å²) in [6, 6.07) is 18.3. The van der Waals surface area contributed by atoms with Crippen molar-refractivity contribution in [2.45, 2.75) is 26.9 Å². The molecule has 2 heterocycles. The SMILES string of the molecule is Cc1ccc(CN2COc3cc(C)c4c(c3C2)O/C(=C\c2ccc(Br)cc2)C4=O)cc1. The number of ether oxygens (including phenoxy) is 2. The molecule has 2 aliphatic heterocycles. The summed E-state index contributed by atoms with van der Waals surface area (Å²) in [4.78, 5) is 15.3. The number of fused-ring (bicyclic) bond motifs is 3. The van der Waals surface area contributed by atoms with E-state index in [1.54, 1.807) is 6.08 Å². The number of rotatable bonds is 3. The van der Waals surface area contributed by atoms with E-state index in [1.165, 1.54) is 11.1 Å². The summed E-state index contributed by atoms with van der Waals surface area (Å²) >= 11 is 3.44. The highest BCUT2D eigenvalue weighted by atomic mass is 79.9. The van der Waals surface area contributed by atoms with Crippen LogP contribution in [0.2, 0.25) is 0 Å². The van der Waals surface area contributed by atoms with Gasteiger partial charge in [0.25, 0.3) is 0 Å². The summed E-state index contributed by atoms with van der Waals surface area (Å²) in [7, 11) is 0. The van der Waals surface area contributed by atoms with Gasteiger partial charge in [0.1, 0.15) is 18.2 Å². The zero-order chi connectivity index (χ0) is 21.5. The lowest BCUT2D eigenvalue weighted by atomic mass is 9.98. The molecule has 0 spiro atoms. The minimum absolute atomic E-state index is 0.0751. The number of hydrogen-bond acceptors (Lipinski definition) is 4. The quantitative estimate of drug-likeness (QED) is 0.433. The second-order valence-corrected chi connectivity index (χ2v) is 9.03. The van der Waals surface area contributed by atoms with Crippen LogP contribution in [0.25, 0.3) is 6.08 Å². The van der Waals surface area contributed by atoms with E-state index in [0.717, 1.165) is 33.5 Å². The van der Waals surface area contributed by atoms with Crippen LogP contribution in [0.1, 0.15) is 38.2 Å². The van der Waals surface area contributed by atoms with Crippen molar-refractivity contribution in [1.82, 2.24) is 4.90 Å². The number of nitrogens with zero attached hydrogens (tertiary/aromatic N) is 1. The van der Waals surface area contributed by atoms with Gasteiger partial charge in [0.15, 0.2) is 5.76 Å². The van der Waals surface area contributed by atoms with Gasteiger partial charge in [-0.2, -0.15) is 0 Å². The van der Waals surface area contributed by atoms with Crippen molar-refractivity contribution in [3.63, 3.8) is 0 Å². The molecule has 5 rings (SSSR count). The summed E-state index contributed by atoms with van der Waals surface area (Å²) in [6.45, 7) is 5.98. The molecule has 0 aliphatic carbocycles. The Morgan fingerprint density at radius 2 is 1.81 bits per heavy atom. The van der Waals surface area contributed by atoms with E-state index in [-0.39, 0.29) is 5.78 Å². The Hall–Kier alpha value is -2.89. The van der Waals surface area contributed by atoms with Gasteiger partial charge in [0.05, 0.1) is 11.1 Å². The highest BCUT2D eigenvalue weighted by Crippen LogP contribution is 2.44. The van der Waals surface area contributed by atoms with Gasteiger partial charge in [-0.15, -0.1) is 0 Å². The van der Waals surface area contributed by atoms with Gasteiger partial charge in [0.2, 0.25) is 5.78 Å². The molecule has 0 amide bonds. The number of allylic oxidation sites excluding steroid dienone is 1. The van der Waals surface area contributed by atoms with Gasteiger partial charge < -0.3 is 9.47 Å². The lowest BCUT2D eigenvalue weighted by Gasteiger charge is -2.30. The van der Waals surface area contributed by atoms with Crippen LogP contribution in [-0.2, 0) is 13.1 Å². The molecule has 0 saturated carbocycles. The Morgan fingerprint density at radius 3 is 2.55 bits per heavy atom. The number of halogens is 1. The van der Waals surface area contributed by atoms with Gasteiger partial charge in [-0.1, -0.05) is 57.9 Å². The number of aryl methyl sites for hydroxylation is 2. The Balaban J connectivity index is 1.45. The third kappa shape index (κ3) is 3.91. The highest BCUT2D eigenvalue weighted by Gasteiger charge is 2.35. The number of benzene rings is 3. The number of carbonyl (C=O) groups excluding carboxylic acids is 1. The molecule has 31 heavy (non-hydrogen) atoms. The molecule has 0 bridgehead atoms. The van der Waals surface area contributed by atoms with Crippen molar-refractivity contribution in [1.29, 1.82) is 0 Å². The van der Waals surface area contributed by atoms with E-state index < -0.39 is 0 Å². The predicted molar refractivity (Wildman–Crippen MR) is 124 cm³/mol. The molecule has 0 unspecified atom stereocenters. The largest absolute Gasteiger partial charge is 0.478 e. The minimum Gasteiger partial charge on any atom is -0.478 e. The fraction of sp³-hybridized carbons (Fsp3) is 0.192. The third-order valence-corrected chi connectivity index (χ3v) is 6.21. The fourth-order valence-corrected chi connectivity index (χ4v) is 4.30. The molecule has 3 aromatic rings. The molecular weight excluding hydrogens is 454 g/mol. The summed E-state index contributed by atoms with van der Waals surface area (Å²) in [6.07, 6.45) is 1.80. The lowest BCUT2D eigenvalue weighted by molar-refractivity contribution is 0.0872. The zero-order valence-corrected chi connectivity index (χ0v) is 19.0. The van der Waals surface area contributed by atoms with E-state index in [2.05, 4.69) is 52.0 Å². The van der Waals surface area contributed by atoms with Crippen molar-refractivity contribution in [2.24, 2.45) is 0 Å². The van der Waals surface area contributed by atoms with Gasteiger partial charge in [-0.05, 0) is 54.8 Å². The molecule has 156 valence electrons. The van der Waals surface area contributed by atoms with Crippen LogP contribution in [0.15, 0.2) is 64.8 Å². The van der Waals surface area contributed by atoms with Crippen molar-refractivity contribution < 1.29 is 14.3 Å². The molecule has 0 radical (unpaired) electrons. The number of Topliss-reactive ketones (excluding diaryl/α,β-unsaturated/α-hetero) is 1. The minimum atomic E-state index is -0.0751. The van der Waals surface area contributed by atoms with Gasteiger partial charge in [-0.25, -0.2) is 0 Å². The number of carbonyl (C=O) groups is 1. The third-order valence-electron chi connectivity index (χ3n) is 5.68. The number of ketones is 1. The Morgan fingerprint density at radius 1 is 1.06 bits per heavy atom. The van der Waals surface area contributed by atoms with Gasteiger partial charge in [0, 0.05) is 17.6 Å². The molecule has 3 aromatic carbocycles. The van der Waals surface area contributed by atoms with Crippen LogP contribution in [-0.4, -0.2) is 17.4 Å². The van der Waals surface area contributed by atoms with E-state index >= 15 is 0 Å². The molecule has 0 saturated heterocycles. The highest BCUT2D eigenvalue weighted by molar-refractivity contribution is 9.10. The van der Waals surface area contributed by atoms with Crippen LogP contribution in [0.3, 0.4) is 0 Å². The van der Waals surface area contributed by atoms with Crippen LogP contribution < -0.4 is 9.47 Å². The smallest absolute Gasteiger partial charge is 0.232 e. The van der Waals surface area contributed by atoms with Crippen molar-refractivity contribution in [3.8, 4) is 11.5 Å². The number of hydrogen-bond donors (Lipinski definition) is 0. The van der Waals surface area contributed by atoms with E-state index in [4.69, 9.17) is 9.47 Å². The first-order valence-corrected chi connectivity index (χ1v) is 11.0. The van der Waals surface area contributed by atoms with E-state index in [1.807, 2.05) is 37.3 Å². The molecule has 5 heteroatoms. The van der Waals surface area contributed by atoms with Gasteiger partial charge in [-0.3, -0.25) is 9.69 Å². The van der Waals surface area contributed by atoms with Crippen LogP contribution in [0.5, 0.6) is 11.5 Å². The molecule has 0 N–H and O–H groups in total. The first kappa shape index (κ1) is 20.0. The standard InChI is InChI=1S/C26H22BrNO3/c1-16-3-5-19(6-4-16)13-28-14-21-22(30-15-28)11-17(2)24-25(29)23(31-26(21)24)12-18-7-9-20(27)10-8-18/h3-12H,13-15H2,1-2H3/b23-12-. The first-order valence-electron chi connectivity index (χ1n) is 10.2. The maximum Gasteiger partial charge on any atom is 0.232 e. The Labute approximate surface area is 190 Å². The average molecular weight is 476 g/mol. The van der Waals surface area contributed by atoms with E-state index in [0.29, 0.717) is 30.3 Å². The Kier molecular flexibility index (Phi) is 5.16. The maximum absolute atomic E-state index is 13.1. The molecule has 0 fully saturated rings. The lowest BCUT2D eigenvalue weighted by Crippen LogP contribution is -2.31. The van der Waals surface area contributed by atoms with Crippen molar-refractivity contribution in [3.05, 3.63) is 98.2 Å². The molecular formula is C26H22BrNO3. The predicted octanol–water partition coefficient (Wildman–Crippen LogP) is 6.03. The molecule has 0 aromatic heterocycles. The Bertz CT molecular complexity index is 1200. The summed E-state index contributed by atoms with van der Waals surface area (Å²) in [5.41, 5.74) is 5.85. The molecule has 4 nitrogen and oxygen atoms in total. The van der Waals surface area contributed by atoms with Crippen molar-refractivity contribution >= 4 is 27.8 Å². The second kappa shape index (κ2) is 7.98.